The van der Waals surface area contributed by atoms with Crippen molar-refractivity contribution in [1.82, 2.24) is 4.72 Å². The highest BCUT2D eigenvalue weighted by atomic mass is 32.2. The van der Waals surface area contributed by atoms with E-state index in [0.717, 1.165) is 0 Å². The molecule has 0 aromatic heterocycles. The van der Waals surface area contributed by atoms with Gasteiger partial charge in [0, 0.05) is 18.2 Å². The quantitative estimate of drug-likeness (QED) is 0.752. The molecule has 100 valence electrons. The van der Waals surface area contributed by atoms with Crippen LogP contribution in [-0.4, -0.2) is 26.8 Å². The van der Waals surface area contributed by atoms with Crippen LogP contribution in [0.3, 0.4) is 0 Å². The first-order chi connectivity index (χ1) is 8.36. The van der Waals surface area contributed by atoms with Gasteiger partial charge in [-0.25, -0.2) is 13.1 Å². The van der Waals surface area contributed by atoms with E-state index in [2.05, 4.69) is 4.72 Å². The summed E-state index contributed by atoms with van der Waals surface area (Å²) in [5.74, 6) is -0.169. The molecule has 0 saturated carbocycles. The first-order valence-corrected chi connectivity index (χ1v) is 7.21. The van der Waals surface area contributed by atoms with Crippen LogP contribution >= 0.6 is 0 Å². The van der Waals surface area contributed by atoms with Gasteiger partial charge in [0.1, 0.15) is 0 Å². The van der Waals surface area contributed by atoms with Crippen LogP contribution < -0.4 is 10.5 Å². The molecule has 18 heavy (non-hydrogen) atoms. The number of nitrogens with two attached hydrogens (primary N) is 1. The van der Waals surface area contributed by atoms with E-state index < -0.39 is 10.0 Å². The van der Waals surface area contributed by atoms with Crippen molar-refractivity contribution in [2.45, 2.75) is 31.2 Å². The van der Waals surface area contributed by atoms with Gasteiger partial charge in [0.05, 0.1) is 4.90 Å². The minimum absolute atomic E-state index is 0.0819. The first kappa shape index (κ1) is 14.8. The van der Waals surface area contributed by atoms with Gasteiger partial charge in [0.2, 0.25) is 10.0 Å². The second kappa shape index (κ2) is 6.08. The number of carbonyl (C=O) groups excluding carboxylic acids is 1. The molecular weight excluding hydrogens is 252 g/mol. The second-order valence-corrected chi connectivity index (χ2v) is 5.87. The molecule has 0 aliphatic rings. The summed E-state index contributed by atoms with van der Waals surface area (Å²) in [5, 5.41) is 0. The van der Waals surface area contributed by atoms with E-state index in [-0.39, 0.29) is 23.3 Å². The van der Waals surface area contributed by atoms with Gasteiger partial charge in [-0.1, -0.05) is 19.1 Å². The minimum atomic E-state index is -3.60. The van der Waals surface area contributed by atoms with E-state index in [4.69, 9.17) is 5.73 Å². The summed E-state index contributed by atoms with van der Waals surface area (Å²) >= 11 is 0. The van der Waals surface area contributed by atoms with Crippen molar-refractivity contribution in [2.75, 3.05) is 6.54 Å². The minimum Gasteiger partial charge on any atom is -0.327 e. The molecule has 1 aromatic carbocycles. The summed E-state index contributed by atoms with van der Waals surface area (Å²) in [6, 6.07) is 5.73. The van der Waals surface area contributed by atoms with Crippen molar-refractivity contribution in [2.24, 2.45) is 5.73 Å². The summed E-state index contributed by atoms with van der Waals surface area (Å²) < 4.78 is 26.3. The van der Waals surface area contributed by atoms with Crippen LogP contribution in [-0.2, 0) is 10.0 Å². The van der Waals surface area contributed by atoms with Crippen molar-refractivity contribution >= 4 is 15.8 Å². The number of benzene rings is 1. The smallest absolute Gasteiger partial charge is 0.240 e. The molecule has 0 saturated heterocycles. The number of Topliss-reactive ketones (excluding diaryl/α,β-unsaturated/α-hetero) is 1. The number of carbonyl (C=O) groups is 1. The molecule has 1 atom stereocenters. The van der Waals surface area contributed by atoms with Crippen molar-refractivity contribution in [3.63, 3.8) is 0 Å². The number of nitrogens with one attached hydrogen (secondary N) is 1. The highest BCUT2D eigenvalue weighted by molar-refractivity contribution is 7.89. The molecule has 0 aliphatic heterocycles. The van der Waals surface area contributed by atoms with Crippen molar-refractivity contribution in [1.29, 1.82) is 0 Å². The van der Waals surface area contributed by atoms with Gasteiger partial charge in [-0.3, -0.25) is 4.79 Å². The predicted octanol–water partition coefficient (Wildman–Crippen LogP) is 0.905. The molecule has 0 fully saturated rings. The van der Waals surface area contributed by atoms with Gasteiger partial charge in [0.25, 0.3) is 0 Å². The molecule has 0 radical (unpaired) electrons. The van der Waals surface area contributed by atoms with Crippen LogP contribution in [0.1, 0.15) is 30.6 Å². The lowest BCUT2D eigenvalue weighted by molar-refractivity contribution is 0.101. The van der Waals surface area contributed by atoms with E-state index >= 15 is 0 Å². The largest absolute Gasteiger partial charge is 0.327 e. The summed E-state index contributed by atoms with van der Waals surface area (Å²) in [6.07, 6.45) is 0.690. The van der Waals surface area contributed by atoms with E-state index in [1.807, 2.05) is 6.92 Å². The Bertz CT molecular complexity index is 526. The van der Waals surface area contributed by atoms with Crippen molar-refractivity contribution in [3.05, 3.63) is 29.8 Å². The van der Waals surface area contributed by atoms with Gasteiger partial charge in [-0.2, -0.15) is 0 Å². The third-order valence-corrected chi connectivity index (χ3v) is 4.03. The average Bonchev–Trinajstić information content (AvgIpc) is 2.36. The molecular formula is C12H18N2O3S. The normalized spacial score (nSPS) is 13.3. The SMILES string of the molecule is CCC(N)CNS(=O)(=O)c1cccc(C(C)=O)c1. The standard InChI is InChI=1S/C12H18N2O3S/c1-3-11(13)8-14-18(16,17)12-6-4-5-10(7-12)9(2)15/h4-7,11,14H,3,8,13H2,1-2H3. The van der Waals surface area contributed by atoms with Crippen LogP contribution in [0, 0.1) is 0 Å². The van der Waals surface area contributed by atoms with Gasteiger partial charge in [-0.05, 0) is 25.5 Å². The van der Waals surface area contributed by atoms with Gasteiger partial charge in [0.15, 0.2) is 5.78 Å². The number of rotatable bonds is 6. The van der Waals surface area contributed by atoms with Gasteiger partial charge >= 0.3 is 0 Å². The summed E-state index contributed by atoms with van der Waals surface area (Å²) in [6.45, 7) is 3.46. The van der Waals surface area contributed by atoms with Crippen LogP contribution in [0.2, 0.25) is 0 Å². The Morgan fingerprint density at radius 3 is 2.67 bits per heavy atom. The fourth-order valence-corrected chi connectivity index (χ4v) is 2.47. The zero-order valence-electron chi connectivity index (χ0n) is 10.5. The van der Waals surface area contributed by atoms with Crippen molar-refractivity contribution in [3.8, 4) is 0 Å². The molecule has 0 spiro atoms. The van der Waals surface area contributed by atoms with E-state index in [1.54, 1.807) is 12.1 Å². The lowest BCUT2D eigenvalue weighted by Crippen LogP contribution is -2.36. The fraction of sp³-hybridized carbons (Fsp3) is 0.417. The third-order valence-electron chi connectivity index (χ3n) is 2.61. The lowest BCUT2D eigenvalue weighted by atomic mass is 10.2. The van der Waals surface area contributed by atoms with Crippen LogP contribution in [0.15, 0.2) is 29.2 Å². The van der Waals surface area contributed by atoms with E-state index in [9.17, 15) is 13.2 Å². The third kappa shape index (κ3) is 3.90. The molecule has 0 amide bonds. The predicted molar refractivity (Wildman–Crippen MR) is 69.9 cm³/mol. The molecule has 1 rings (SSSR count). The van der Waals surface area contributed by atoms with Gasteiger partial charge in [-0.15, -0.1) is 0 Å². The molecule has 6 heteroatoms. The zero-order chi connectivity index (χ0) is 13.8. The number of ketones is 1. The average molecular weight is 270 g/mol. The molecule has 3 N–H and O–H groups in total. The maximum Gasteiger partial charge on any atom is 0.240 e. The van der Waals surface area contributed by atoms with Crippen LogP contribution in [0.25, 0.3) is 0 Å². The van der Waals surface area contributed by atoms with Crippen molar-refractivity contribution < 1.29 is 13.2 Å². The fourth-order valence-electron chi connectivity index (χ4n) is 1.33. The Balaban J connectivity index is 2.91. The van der Waals surface area contributed by atoms with E-state index in [0.29, 0.717) is 12.0 Å². The number of sulfonamides is 1. The molecule has 5 nitrogen and oxygen atoms in total. The number of hydrogen-bond donors (Lipinski definition) is 2. The molecule has 1 aromatic rings. The van der Waals surface area contributed by atoms with Gasteiger partial charge < -0.3 is 5.73 Å². The lowest BCUT2D eigenvalue weighted by Gasteiger charge is -2.11. The Morgan fingerprint density at radius 2 is 2.11 bits per heavy atom. The molecule has 1 unspecified atom stereocenters. The second-order valence-electron chi connectivity index (χ2n) is 4.10. The maximum atomic E-state index is 11.9. The topological polar surface area (TPSA) is 89.3 Å². The maximum absolute atomic E-state index is 11.9. The Morgan fingerprint density at radius 1 is 1.44 bits per heavy atom. The number of hydrogen-bond acceptors (Lipinski definition) is 4. The first-order valence-electron chi connectivity index (χ1n) is 5.73. The summed E-state index contributed by atoms with van der Waals surface area (Å²) in [4.78, 5) is 11.3. The monoisotopic (exact) mass is 270 g/mol. The summed E-state index contributed by atoms with van der Waals surface area (Å²) in [7, 11) is -3.60. The zero-order valence-corrected chi connectivity index (χ0v) is 11.3. The highest BCUT2D eigenvalue weighted by Crippen LogP contribution is 2.11. The Hall–Kier alpha value is -1.24. The molecule has 0 heterocycles. The van der Waals surface area contributed by atoms with Crippen LogP contribution in [0.4, 0.5) is 0 Å². The highest BCUT2D eigenvalue weighted by Gasteiger charge is 2.15. The summed E-state index contributed by atoms with van der Waals surface area (Å²) in [5.41, 5.74) is 6.03. The Labute approximate surface area is 107 Å². The van der Waals surface area contributed by atoms with Crippen LogP contribution in [0.5, 0.6) is 0 Å². The molecule has 0 bridgehead atoms. The molecule has 0 aliphatic carbocycles. The Kier molecular flexibility index (Phi) is 5.01. The van der Waals surface area contributed by atoms with E-state index in [1.165, 1.54) is 19.1 Å².